The number of methoxy groups -OCH3 is 1. The molecular formula is C17H27NO2. The molecule has 3 nitrogen and oxygen atoms in total. The number of allylic oxidation sites excluding steroid dienone is 1. The summed E-state index contributed by atoms with van der Waals surface area (Å²) in [6.07, 6.45) is 2.07. The summed E-state index contributed by atoms with van der Waals surface area (Å²) in [6, 6.07) is 5.92. The Bertz CT molecular complexity index is 455. The van der Waals surface area contributed by atoms with Crippen LogP contribution in [-0.2, 0) is 6.54 Å². The Kier molecular flexibility index (Phi) is 6.08. The molecule has 0 amide bonds. The summed E-state index contributed by atoms with van der Waals surface area (Å²) in [6.45, 7) is 11.9. The van der Waals surface area contributed by atoms with Crippen LogP contribution < -0.4 is 14.8 Å². The number of ether oxygens (including phenoxy) is 2. The molecule has 1 aromatic rings. The van der Waals surface area contributed by atoms with E-state index in [1.54, 1.807) is 7.11 Å². The van der Waals surface area contributed by atoms with E-state index in [0.29, 0.717) is 6.61 Å². The summed E-state index contributed by atoms with van der Waals surface area (Å²) in [5.74, 6) is 1.75. The Labute approximate surface area is 123 Å². The Morgan fingerprint density at radius 1 is 1.25 bits per heavy atom. The van der Waals surface area contributed by atoms with E-state index < -0.39 is 0 Å². The average Bonchev–Trinajstić information content (AvgIpc) is 2.36. The van der Waals surface area contributed by atoms with Gasteiger partial charge in [0.2, 0.25) is 0 Å². The molecule has 0 fully saturated rings. The van der Waals surface area contributed by atoms with Crippen LogP contribution in [0.1, 0.15) is 40.2 Å². The molecule has 0 aliphatic rings. The second-order valence-electron chi connectivity index (χ2n) is 6.17. The first kappa shape index (κ1) is 16.6. The van der Waals surface area contributed by atoms with E-state index in [-0.39, 0.29) is 5.54 Å². The van der Waals surface area contributed by atoms with Crippen LogP contribution in [0.2, 0.25) is 0 Å². The molecule has 0 saturated carbocycles. The average molecular weight is 277 g/mol. The summed E-state index contributed by atoms with van der Waals surface area (Å²) in [4.78, 5) is 0. The first-order valence-electron chi connectivity index (χ1n) is 7.00. The lowest BCUT2D eigenvalue weighted by atomic mass is 10.1. The third kappa shape index (κ3) is 6.11. The van der Waals surface area contributed by atoms with Gasteiger partial charge >= 0.3 is 0 Å². The zero-order valence-corrected chi connectivity index (χ0v) is 13.5. The van der Waals surface area contributed by atoms with Gasteiger partial charge in [0.05, 0.1) is 7.11 Å². The van der Waals surface area contributed by atoms with Gasteiger partial charge in [0.1, 0.15) is 18.1 Å². The van der Waals surface area contributed by atoms with Crippen molar-refractivity contribution in [1.82, 2.24) is 5.32 Å². The van der Waals surface area contributed by atoms with E-state index in [1.165, 1.54) is 5.57 Å². The summed E-state index contributed by atoms with van der Waals surface area (Å²) >= 11 is 0. The van der Waals surface area contributed by atoms with Crippen molar-refractivity contribution in [2.75, 3.05) is 13.7 Å². The first-order valence-corrected chi connectivity index (χ1v) is 7.00. The van der Waals surface area contributed by atoms with Gasteiger partial charge < -0.3 is 14.8 Å². The van der Waals surface area contributed by atoms with Gasteiger partial charge in [-0.05, 0) is 58.9 Å². The summed E-state index contributed by atoms with van der Waals surface area (Å²) in [5, 5.41) is 3.48. The minimum absolute atomic E-state index is 0.0697. The van der Waals surface area contributed by atoms with E-state index >= 15 is 0 Å². The van der Waals surface area contributed by atoms with Crippen molar-refractivity contribution in [3.63, 3.8) is 0 Å². The monoisotopic (exact) mass is 277 g/mol. The standard InChI is InChI=1S/C17H27NO2/c1-13(2)9-10-20-16-8-7-15(19-6)11-14(16)12-18-17(3,4)5/h7-9,11,18H,10,12H2,1-6H3. The van der Waals surface area contributed by atoms with Gasteiger partial charge in [-0.25, -0.2) is 0 Å². The number of rotatable bonds is 6. The highest BCUT2D eigenvalue weighted by molar-refractivity contribution is 5.40. The van der Waals surface area contributed by atoms with E-state index in [4.69, 9.17) is 9.47 Å². The highest BCUT2D eigenvalue weighted by Gasteiger charge is 2.11. The molecule has 0 bridgehead atoms. The first-order chi connectivity index (χ1) is 9.31. The van der Waals surface area contributed by atoms with E-state index in [9.17, 15) is 0 Å². The Morgan fingerprint density at radius 3 is 2.50 bits per heavy atom. The number of nitrogens with one attached hydrogen (secondary N) is 1. The maximum atomic E-state index is 5.84. The van der Waals surface area contributed by atoms with E-state index in [1.807, 2.05) is 18.2 Å². The molecule has 0 unspecified atom stereocenters. The zero-order chi connectivity index (χ0) is 15.2. The lowest BCUT2D eigenvalue weighted by Gasteiger charge is -2.22. The van der Waals surface area contributed by atoms with Crippen LogP contribution in [0.4, 0.5) is 0 Å². The topological polar surface area (TPSA) is 30.5 Å². The molecule has 20 heavy (non-hydrogen) atoms. The quantitative estimate of drug-likeness (QED) is 0.799. The lowest BCUT2D eigenvalue weighted by molar-refractivity contribution is 0.349. The van der Waals surface area contributed by atoms with Crippen LogP contribution in [0.15, 0.2) is 29.8 Å². The third-order valence-electron chi connectivity index (χ3n) is 2.81. The van der Waals surface area contributed by atoms with Crippen molar-refractivity contribution >= 4 is 0 Å². The molecule has 0 aromatic heterocycles. The summed E-state index contributed by atoms with van der Waals surface area (Å²) in [5.41, 5.74) is 2.44. The molecule has 112 valence electrons. The highest BCUT2D eigenvalue weighted by atomic mass is 16.5. The number of benzene rings is 1. The molecule has 3 heteroatoms. The molecule has 1 aromatic carbocycles. The van der Waals surface area contributed by atoms with Crippen molar-refractivity contribution in [3.05, 3.63) is 35.4 Å². The van der Waals surface area contributed by atoms with Crippen molar-refractivity contribution < 1.29 is 9.47 Å². The Balaban J connectivity index is 2.83. The molecule has 0 heterocycles. The highest BCUT2D eigenvalue weighted by Crippen LogP contribution is 2.24. The number of hydrogen-bond donors (Lipinski definition) is 1. The van der Waals surface area contributed by atoms with Crippen LogP contribution in [-0.4, -0.2) is 19.3 Å². The van der Waals surface area contributed by atoms with Gasteiger partial charge in [0, 0.05) is 17.6 Å². The van der Waals surface area contributed by atoms with Gasteiger partial charge in [-0.3, -0.25) is 0 Å². The van der Waals surface area contributed by atoms with Crippen LogP contribution in [0.3, 0.4) is 0 Å². The largest absolute Gasteiger partial charge is 0.497 e. The van der Waals surface area contributed by atoms with Crippen LogP contribution in [0, 0.1) is 0 Å². The molecule has 0 spiro atoms. The molecule has 0 saturated heterocycles. The van der Waals surface area contributed by atoms with Crippen molar-refractivity contribution in [2.24, 2.45) is 0 Å². The predicted octanol–water partition coefficient (Wildman–Crippen LogP) is 3.93. The van der Waals surface area contributed by atoms with Gasteiger partial charge in [0.15, 0.2) is 0 Å². The Morgan fingerprint density at radius 2 is 1.95 bits per heavy atom. The van der Waals surface area contributed by atoms with E-state index in [0.717, 1.165) is 23.6 Å². The molecule has 1 N–H and O–H groups in total. The van der Waals surface area contributed by atoms with Crippen LogP contribution >= 0.6 is 0 Å². The normalized spacial score (nSPS) is 11.1. The molecule has 0 radical (unpaired) electrons. The lowest BCUT2D eigenvalue weighted by Crippen LogP contribution is -2.35. The second kappa shape index (κ2) is 7.34. The fraction of sp³-hybridized carbons (Fsp3) is 0.529. The van der Waals surface area contributed by atoms with Crippen molar-refractivity contribution in [2.45, 2.75) is 46.7 Å². The maximum Gasteiger partial charge on any atom is 0.124 e. The number of hydrogen-bond acceptors (Lipinski definition) is 3. The predicted molar refractivity (Wildman–Crippen MR) is 84.5 cm³/mol. The van der Waals surface area contributed by atoms with Gasteiger partial charge in [-0.15, -0.1) is 0 Å². The summed E-state index contributed by atoms with van der Waals surface area (Å²) in [7, 11) is 1.68. The van der Waals surface area contributed by atoms with Gasteiger partial charge in [-0.1, -0.05) is 5.57 Å². The molecule has 1 rings (SSSR count). The molecule has 0 aliphatic heterocycles. The van der Waals surface area contributed by atoms with Crippen molar-refractivity contribution in [3.8, 4) is 11.5 Å². The molecular weight excluding hydrogens is 250 g/mol. The van der Waals surface area contributed by atoms with E-state index in [2.05, 4.69) is 46.0 Å². The SMILES string of the molecule is COc1ccc(OCC=C(C)C)c(CNC(C)(C)C)c1. The zero-order valence-electron chi connectivity index (χ0n) is 13.5. The minimum atomic E-state index is 0.0697. The van der Waals surface area contributed by atoms with Gasteiger partial charge in [0.25, 0.3) is 0 Å². The van der Waals surface area contributed by atoms with Crippen LogP contribution in [0.25, 0.3) is 0 Å². The molecule has 0 atom stereocenters. The van der Waals surface area contributed by atoms with Crippen molar-refractivity contribution in [1.29, 1.82) is 0 Å². The fourth-order valence-corrected chi connectivity index (χ4v) is 1.62. The maximum absolute atomic E-state index is 5.84. The van der Waals surface area contributed by atoms with Gasteiger partial charge in [-0.2, -0.15) is 0 Å². The molecule has 0 aliphatic carbocycles. The third-order valence-corrected chi connectivity index (χ3v) is 2.81. The minimum Gasteiger partial charge on any atom is -0.497 e. The second-order valence-corrected chi connectivity index (χ2v) is 6.17. The fourth-order valence-electron chi connectivity index (χ4n) is 1.62. The summed E-state index contributed by atoms with van der Waals surface area (Å²) < 4.78 is 11.1. The smallest absolute Gasteiger partial charge is 0.124 e. The Hall–Kier alpha value is -1.48. The van der Waals surface area contributed by atoms with Crippen LogP contribution in [0.5, 0.6) is 11.5 Å².